The summed E-state index contributed by atoms with van der Waals surface area (Å²) in [4.78, 5) is 2.50. The molecule has 1 aliphatic rings. The Bertz CT molecular complexity index is 356. The van der Waals surface area contributed by atoms with E-state index in [4.69, 9.17) is 5.73 Å². The average molecular weight is 250 g/mol. The quantitative estimate of drug-likeness (QED) is 0.768. The largest absolute Gasteiger partial charge is 0.329 e. The zero-order valence-corrected chi connectivity index (χ0v) is 11.7. The van der Waals surface area contributed by atoms with Crippen LogP contribution in [0.2, 0.25) is 0 Å². The molecule has 1 atom stereocenters. The van der Waals surface area contributed by atoms with Gasteiger partial charge in [-0.05, 0) is 31.7 Å². The number of aromatic nitrogens is 2. The summed E-state index contributed by atoms with van der Waals surface area (Å²) in [5, 5.41) is 4.42. The summed E-state index contributed by atoms with van der Waals surface area (Å²) in [6.45, 7) is 8.33. The lowest BCUT2D eigenvalue weighted by atomic mass is 10.1. The van der Waals surface area contributed by atoms with E-state index in [1.807, 2.05) is 10.9 Å². The highest BCUT2D eigenvalue weighted by Gasteiger charge is 2.27. The van der Waals surface area contributed by atoms with Gasteiger partial charge in [0.2, 0.25) is 0 Å². The maximum atomic E-state index is 5.98. The third-order valence-electron chi connectivity index (χ3n) is 3.75. The van der Waals surface area contributed by atoms with Gasteiger partial charge in [-0.25, -0.2) is 0 Å². The molecule has 4 nitrogen and oxygen atoms in total. The number of hydrogen-bond acceptors (Lipinski definition) is 3. The van der Waals surface area contributed by atoms with Crippen molar-refractivity contribution < 1.29 is 0 Å². The van der Waals surface area contributed by atoms with Crippen LogP contribution in [-0.2, 0) is 6.54 Å². The third-order valence-corrected chi connectivity index (χ3v) is 3.75. The van der Waals surface area contributed by atoms with Crippen LogP contribution in [0.5, 0.6) is 0 Å². The standard InChI is InChI=1S/C14H26N4/c1-3-7-18-11-13(9-16-18)14(8-15)17(4-2)10-12-5-6-12/h9,11-12,14H,3-8,10,15H2,1-2H3. The van der Waals surface area contributed by atoms with E-state index < -0.39 is 0 Å². The van der Waals surface area contributed by atoms with Crippen molar-refractivity contribution in [3.63, 3.8) is 0 Å². The number of rotatable bonds is 8. The number of hydrogen-bond donors (Lipinski definition) is 1. The van der Waals surface area contributed by atoms with Crippen LogP contribution in [0.15, 0.2) is 12.4 Å². The Balaban J connectivity index is 2.03. The lowest BCUT2D eigenvalue weighted by molar-refractivity contribution is 0.203. The van der Waals surface area contributed by atoms with Crippen molar-refractivity contribution in [3.8, 4) is 0 Å². The Kier molecular flexibility index (Phi) is 4.78. The summed E-state index contributed by atoms with van der Waals surface area (Å²) in [6.07, 6.45) is 8.05. The van der Waals surface area contributed by atoms with Gasteiger partial charge in [-0.2, -0.15) is 5.10 Å². The molecule has 1 aromatic heterocycles. The van der Waals surface area contributed by atoms with Gasteiger partial charge in [0, 0.05) is 31.4 Å². The highest BCUT2D eigenvalue weighted by Crippen LogP contribution is 2.32. The van der Waals surface area contributed by atoms with Crippen LogP contribution in [0.1, 0.15) is 44.7 Å². The molecule has 0 bridgehead atoms. The fourth-order valence-electron chi connectivity index (χ4n) is 2.51. The van der Waals surface area contributed by atoms with E-state index >= 15 is 0 Å². The first-order valence-corrected chi connectivity index (χ1v) is 7.24. The van der Waals surface area contributed by atoms with Crippen molar-refractivity contribution in [2.45, 2.75) is 45.7 Å². The minimum atomic E-state index is 0.334. The normalized spacial score (nSPS) is 17.3. The molecule has 0 amide bonds. The summed E-state index contributed by atoms with van der Waals surface area (Å²) >= 11 is 0. The van der Waals surface area contributed by atoms with Gasteiger partial charge in [0.1, 0.15) is 0 Å². The molecule has 4 heteroatoms. The second-order valence-electron chi connectivity index (χ2n) is 5.32. The molecule has 1 fully saturated rings. The fourth-order valence-corrected chi connectivity index (χ4v) is 2.51. The van der Waals surface area contributed by atoms with Crippen molar-refractivity contribution in [2.24, 2.45) is 11.7 Å². The smallest absolute Gasteiger partial charge is 0.0538 e. The summed E-state index contributed by atoms with van der Waals surface area (Å²) in [5.74, 6) is 0.907. The third kappa shape index (κ3) is 3.33. The predicted octanol–water partition coefficient (Wildman–Crippen LogP) is 2.02. The molecule has 2 N–H and O–H groups in total. The van der Waals surface area contributed by atoms with Crippen molar-refractivity contribution >= 4 is 0 Å². The lowest BCUT2D eigenvalue weighted by Crippen LogP contribution is -2.35. The Labute approximate surface area is 110 Å². The molecular weight excluding hydrogens is 224 g/mol. The van der Waals surface area contributed by atoms with Gasteiger partial charge in [-0.1, -0.05) is 13.8 Å². The monoisotopic (exact) mass is 250 g/mol. The van der Waals surface area contributed by atoms with Crippen molar-refractivity contribution in [3.05, 3.63) is 18.0 Å². The maximum Gasteiger partial charge on any atom is 0.0538 e. The molecule has 102 valence electrons. The van der Waals surface area contributed by atoms with E-state index in [1.165, 1.54) is 24.9 Å². The van der Waals surface area contributed by atoms with Crippen LogP contribution in [0.4, 0.5) is 0 Å². The summed E-state index contributed by atoms with van der Waals surface area (Å²) in [5.41, 5.74) is 7.25. The molecule has 1 aromatic rings. The van der Waals surface area contributed by atoms with Gasteiger partial charge >= 0.3 is 0 Å². The minimum absolute atomic E-state index is 0.334. The van der Waals surface area contributed by atoms with Gasteiger partial charge in [0.05, 0.1) is 12.2 Å². The van der Waals surface area contributed by atoms with Crippen LogP contribution >= 0.6 is 0 Å². The average Bonchev–Trinajstić information content (AvgIpc) is 3.08. The summed E-state index contributed by atoms with van der Waals surface area (Å²) in [6, 6.07) is 0.334. The van der Waals surface area contributed by atoms with Gasteiger partial charge in [0.15, 0.2) is 0 Å². The zero-order chi connectivity index (χ0) is 13.0. The van der Waals surface area contributed by atoms with Crippen molar-refractivity contribution in [1.29, 1.82) is 0 Å². The van der Waals surface area contributed by atoms with Crippen molar-refractivity contribution in [2.75, 3.05) is 19.6 Å². The van der Waals surface area contributed by atoms with E-state index in [-0.39, 0.29) is 0 Å². The van der Waals surface area contributed by atoms with Crippen LogP contribution in [0, 0.1) is 5.92 Å². The second kappa shape index (κ2) is 6.34. The van der Waals surface area contributed by atoms with Crippen LogP contribution in [-0.4, -0.2) is 34.3 Å². The molecule has 1 heterocycles. The molecule has 1 unspecified atom stereocenters. The lowest BCUT2D eigenvalue weighted by Gasteiger charge is -2.29. The summed E-state index contributed by atoms with van der Waals surface area (Å²) < 4.78 is 2.03. The molecule has 0 aromatic carbocycles. The van der Waals surface area contributed by atoms with Gasteiger partial charge < -0.3 is 5.73 Å². The molecule has 1 saturated carbocycles. The van der Waals surface area contributed by atoms with Gasteiger partial charge in [-0.15, -0.1) is 0 Å². The molecule has 0 radical (unpaired) electrons. The van der Waals surface area contributed by atoms with Crippen molar-refractivity contribution in [1.82, 2.24) is 14.7 Å². The molecule has 0 spiro atoms. The molecule has 18 heavy (non-hydrogen) atoms. The van der Waals surface area contributed by atoms with E-state index in [0.29, 0.717) is 12.6 Å². The Morgan fingerprint density at radius 3 is 2.83 bits per heavy atom. The SMILES string of the molecule is CCCn1cc(C(CN)N(CC)CC2CC2)cn1. The molecule has 1 aliphatic carbocycles. The Morgan fingerprint density at radius 2 is 2.28 bits per heavy atom. The Morgan fingerprint density at radius 1 is 1.50 bits per heavy atom. The molecule has 0 saturated heterocycles. The number of nitrogens with two attached hydrogens (primary N) is 1. The first kappa shape index (κ1) is 13.6. The molecular formula is C14H26N4. The number of nitrogens with zero attached hydrogens (tertiary/aromatic N) is 3. The van der Waals surface area contributed by atoms with E-state index in [0.717, 1.165) is 25.4 Å². The highest BCUT2D eigenvalue weighted by molar-refractivity contribution is 5.11. The maximum absolute atomic E-state index is 5.98. The zero-order valence-electron chi connectivity index (χ0n) is 11.7. The van der Waals surface area contributed by atoms with Gasteiger partial charge in [-0.3, -0.25) is 9.58 Å². The van der Waals surface area contributed by atoms with E-state index in [1.54, 1.807) is 0 Å². The number of likely N-dealkylation sites (N-methyl/N-ethyl adjacent to an activating group) is 1. The highest BCUT2D eigenvalue weighted by atomic mass is 15.3. The summed E-state index contributed by atoms with van der Waals surface area (Å²) in [7, 11) is 0. The first-order valence-electron chi connectivity index (χ1n) is 7.24. The Hall–Kier alpha value is -0.870. The number of aryl methyl sites for hydroxylation is 1. The minimum Gasteiger partial charge on any atom is -0.329 e. The predicted molar refractivity (Wildman–Crippen MR) is 74.3 cm³/mol. The van der Waals surface area contributed by atoms with Crippen LogP contribution < -0.4 is 5.73 Å². The van der Waals surface area contributed by atoms with E-state index in [2.05, 4.69) is 30.0 Å². The second-order valence-corrected chi connectivity index (χ2v) is 5.32. The molecule has 2 rings (SSSR count). The van der Waals surface area contributed by atoms with Gasteiger partial charge in [0.25, 0.3) is 0 Å². The first-order chi connectivity index (χ1) is 8.78. The van der Waals surface area contributed by atoms with Crippen LogP contribution in [0.25, 0.3) is 0 Å². The molecule has 0 aliphatic heterocycles. The van der Waals surface area contributed by atoms with E-state index in [9.17, 15) is 0 Å². The van der Waals surface area contributed by atoms with Crippen LogP contribution in [0.3, 0.4) is 0 Å². The topological polar surface area (TPSA) is 47.1 Å². The fraction of sp³-hybridized carbons (Fsp3) is 0.786.